The third kappa shape index (κ3) is 5.56. The Morgan fingerprint density at radius 3 is 2.31 bits per heavy atom. The van der Waals surface area contributed by atoms with Crippen LogP contribution in [0.1, 0.15) is 34.6 Å². The van der Waals surface area contributed by atoms with Gasteiger partial charge in [-0.25, -0.2) is 0 Å². The summed E-state index contributed by atoms with van der Waals surface area (Å²) in [4.78, 5) is 24.0. The van der Waals surface area contributed by atoms with E-state index >= 15 is 0 Å². The number of hydrogen-bond acceptors (Lipinski definition) is 4. The van der Waals surface area contributed by atoms with E-state index in [9.17, 15) is 9.59 Å². The molecule has 136 valence electrons. The molecular weight excluding hydrogens is 350 g/mol. The maximum atomic E-state index is 12.3. The summed E-state index contributed by atoms with van der Waals surface area (Å²) in [6.45, 7) is 3.83. The minimum atomic E-state index is -0.348. The highest BCUT2D eigenvalue weighted by molar-refractivity contribution is 7.80. The van der Waals surface area contributed by atoms with E-state index in [0.29, 0.717) is 22.6 Å². The second-order valence-electron chi connectivity index (χ2n) is 5.76. The molecule has 0 aliphatic rings. The number of carbonyl (C=O) groups is 2. The lowest BCUT2D eigenvalue weighted by molar-refractivity contribution is 0.0959. The van der Waals surface area contributed by atoms with Crippen molar-refractivity contribution in [3.63, 3.8) is 0 Å². The highest BCUT2D eigenvalue weighted by Crippen LogP contribution is 2.15. The van der Waals surface area contributed by atoms with E-state index in [2.05, 4.69) is 16.0 Å². The number of carbonyl (C=O) groups excluding carboxylic acids is 2. The van der Waals surface area contributed by atoms with Crippen LogP contribution in [-0.4, -0.2) is 30.1 Å². The molecule has 0 aliphatic carbocycles. The molecule has 0 aliphatic heterocycles. The molecule has 0 aromatic heterocycles. The van der Waals surface area contributed by atoms with Crippen LogP contribution in [0, 0.1) is 0 Å². The monoisotopic (exact) mass is 371 g/mol. The predicted octanol–water partition coefficient (Wildman–Crippen LogP) is 2.96. The van der Waals surface area contributed by atoms with E-state index in [1.54, 1.807) is 55.6 Å². The molecule has 7 heteroatoms. The van der Waals surface area contributed by atoms with Crippen molar-refractivity contribution in [1.29, 1.82) is 0 Å². The fourth-order valence-electron chi connectivity index (χ4n) is 2.20. The quantitative estimate of drug-likeness (QED) is 0.704. The minimum absolute atomic E-state index is 0.0173. The van der Waals surface area contributed by atoms with Crippen LogP contribution in [0.3, 0.4) is 0 Å². The van der Waals surface area contributed by atoms with Gasteiger partial charge < -0.3 is 15.4 Å². The zero-order valence-electron chi connectivity index (χ0n) is 14.8. The standard InChI is InChI=1S/C19H21N3O3S/c1-12(2)25-16-9-5-7-14(11-16)18(24)22-19(26)21-15-8-4-6-13(10-15)17(23)20-3/h4-12H,1-3H3,(H,20,23)(H2,21,22,24,26). The van der Waals surface area contributed by atoms with Crippen molar-refractivity contribution in [1.82, 2.24) is 10.6 Å². The van der Waals surface area contributed by atoms with Crippen molar-refractivity contribution in [3.8, 4) is 5.75 Å². The van der Waals surface area contributed by atoms with Crippen molar-refractivity contribution in [2.45, 2.75) is 20.0 Å². The summed E-state index contributed by atoms with van der Waals surface area (Å²) in [7, 11) is 1.56. The van der Waals surface area contributed by atoms with Gasteiger partial charge in [-0.2, -0.15) is 0 Å². The second-order valence-corrected chi connectivity index (χ2v) is 6.17. The first-order chi connectivity index (χ1) is 12.4. The number of hydrogen-bond donors (Lipinski definition) is 3. The van der Waals surface area contributed by atoms with Crippen LogP contribution in [-0.2, 0) is 0 Å². The Bertz CT molecular complexity index is 821. The van der Waals surface area contributed by atoms with Gasteiger partial charge in [0.15, 0.2) is 5.11 Å². The van der Waals surface area contributed by atoms with Gasteiger partial charge in [0, 0.05) is 23.9 Å². The van der Waals surface area contributed by atoms with Crippen molar-refractivity contribution >= 4 is 34.8 Å². The topological polar surface area (TPSA) is 79.5 Å². The molecule has 6 nitrogen and oxygen atoms in total. The SMILES string of the molecule is CNC(=O)c1cccc(NC(=S)NC(=O)c2cccc(OC(C)C)c2)c1. The van der Waals surface area contributed by atoms with E-state index in [1.165, 1.54) is 0 Å². The Hall–Kier alpha value is -2.93. The Labute approximate surface area is 157 Å². The van der Waals surface area contributed by atoms with Crippen molar-refractivity contribution in [3.05, 3.63) is 59.7 Å². The number of anilines is 1. The van der Waals surface area contributed by atoms with Gasteiger partial charge in [-0.05, 0) is 62.5 Å². The lowest BCUT2D eigenvalue weighted by atomic mass is 10.2. The Morgan fingerprint density at radius 2 is 1.65 bits per heavy atom. The molecule has 2 rings (SSSR count). The third-order valence-electron chi connectivity index (χ3n) is 3.30. The third-order valence-corrected chi connectivity index (χ3v) is 3.51. The number of rotatable bonds is 5. The Morgan fingerprint density at radius 1 is 1.00 bits per heavy atom. The van der Waals surface area contributed by atoms with Crippen molar-refractivity contribution in [2.24, 2.45) is 0 Å². The molecule has 2 aromatic rings. The molecule has 0 unspecified atom stereocenters. The molecule has 0 fully saturated rings. The minimum Gasteiger partial charge on any atom is -0.491 e. The summed E-state index contributed by atoms with van der Waals surface area (Å²) in [5.74, 6) is 0.0644. The van der Waals surface area contributed by atoms with Gasteiger partial charge in [0.05, 0.1) is 6.10 Å². The largest absolute Gasteiger partial charge is 0.491 e. The average molecular weight is 371 g/mol. The van der Waals surface area contributed by atoms with E-state index in [-0.39, 0.29) is 23.0 Å². The lowest BCUT2D eigenvalue weighted by Crippen LogP contribution is -2.34. The highest BCUT2D eigenvalue weighted by Gasteiger charge is 2.10. The van der Waals surface area contributed by atoms with E-state index in [0.717, 1.165) is 0 Å². The van der Waals surface area contributed by atoms with E-state index < -0.39 is 0 Å². The molecule has 26 heavy (non-hydrogen) atoms. The molecule has 3 N–H and O–H groups in total. The summed E-state index contributed by atoms with van der Waals surface area (Å²) in [5, 5.41) is 8.20. The van der Waals surface area contributed by atoms with Gasteiger partial charge in [-0.1, -0.05) is 12.1 Å². The summed E-state index contributed by atoms with van der Waals surface area (Å²) >= 11 is 5.18. The van der Waals surface area contributed by atoms with Crippen LogP contribution in [0.5, 0.6) is 5.75 Å². The number of amides is 2. The number of ether oxygens (including phenoxy) is 1. The molecule has 0 saturated carbocycles. The Kier molecular flexibility index (Phi) is 6.68. The van der Waals surface area contributed by atoms with E-state index in [4.69, 9.17) is 17.0 Å². The predicted molar refractivity (Wildman–Crippen MR) is 106 cm³/mol. The van der Waals surface area contributed by atoms with Crippen LogP contribution in [0.2, 0.25) is 0 Å². The van der Waals surface area contributed by atoms with Gasteiger partial charge in [-0.15, -0.1) is 0 Å². The van der Waals surface area contributed by atoms with Crippen LogP contribution < -0.4 is 20.7 Å². The smallest absolute Gasteiger partial charge is 0.257 e. The van der Waals surface area contributed by atoms with Crippen molar-refractivity contribution in [2.75, 3.05) is 12.4 Å². The molecule has 0 atom stereocenters. The normalized spacial score (nSPS) is 10.2. The number of benzene rings is 2. The van der Waals surface area contributed by atoms with Crippen molar-refractivity contribution < 1.29 is 14.3 Å². The summed E-state index contributed by atoms with van der Waals surface area (Å²) in [6, 6.07) is 13.7. The zero-order chi connectivity index (χ0) is 19.1. The van der Waals surface area contributed by atoms with Gasteiger partial charge in [0.2, 0.25) is 0 Å². The molecule has 2 aromatic carbocycles. The molecule has 2 amide bonds. The maximum Gasteiger partial charge on any atom is 0.257 e. The molecule has 0 saturated heterocycles. The number of thiocarbonyl (C=S) groups is 1. The molecule has 0 radical (unpaired) electrons. The van der Waals surface area contributed by atoms with Crippen LogP contribution in [0.25, 0.3) is 0 Å². The zero-order valence-corrected chi connectivity index (χ0v) is 15.6. The molecule has 0 heterocycles. The van der Waals surface area contributed by atoms with Gasteiger partial charge >= 0.3 is 0 Å². The molecule has 0 spiro atoms. The van der Waals surface area contributed by atoms with Crippen LogP contribution in [0.4, 0.5) is 5.69 Å². The Balaban J connectivity index is 2.01. The van der Waals surface area contributed by atoms with E-state index in [1.807, 2.05) is 13.8 Å². The highest BCUT2D eigenvalue weighted by atomic mass is 32.1. The molecule has 0 bridgehead atoms. The van der Waals surface area contributed by atoms with Gasteiger partial charge in [0.1, 0.15) is 5.75 Å². The molecular formula is C19H21N3O3S. The first kappa shape index (κ1) is 19.4. The second kappa shape index (κ2) is 8.96. The summed E-state index contributed by atoms with van der Waals surface area (Å²) in [5.41, 5.74) is 1.53. The van der Waals surface area contributed by atoms with Crippen LogP contribution >= 0.6 is 12.2 Å². The average Bonchev–Trinajstić information content (AvgIpc) is 2.60. The maximum absolute atomic E-state index is 12.3. The number of nitrogens with one attached hydrogen (secondary N) is 3. The first-order valence-electron chi connectivity index (χ1n) is 8.10. The summed E-state index contributed by atoms with van der Waals surface area (Å²) in [6.07, 6.45) is 0.0173. The fourth-order valence-corrected chi connectivity index (χ4v) is 2.41. The first-order valence-corrected chi connectivity index (χ1v) is 8.51. The van der Waals surface area contributed by atoms with Gasteiger partial charge in [-0.3, -0.25) is 14.9 Å². The lowest BCUT2D eigenvalue weighted by Gasteiger charge is -2.12. The van der Waals surface area contributed by atoms with Gasteiger partial charge in [0.25, 0.3) is 11.8 Å². The van der Waals surface area contributed by atoms with Crippen LogP contribution in [0.15, 0.2) is 48.5 Å². The summed E-state index contributed by atoms with van der Waals surface area (Å²) < 4.78 is 5.59. The fraction of sp³-hybridized carbons (Fsp3) is 0.211.